The Hall–Kier alpha value is -0.926. The van der Waals surface area contributed by atoms with Crippen LogP contribution in [0.15, 0.2) is 23.7 Å². The number of aromatic nitrogens is 1. The molecular formula is C16H26N2O2SV. The number of nitriles is 1. The van der Waals surface area contributed by atoms with E-state index in [2.05, 4.69) is 30.3 Å². The van der Waals surface area contributed by atoms with E-state index in [9.17, 15) is 5.26 Å². The minimum absolute atomic E-state index is 0. The maximum Gasteiger partial charge on any atom is 0.193 e. The van der Waals surface area contributed by atoms with Crippen LogP contribution in [0.25, 0.3) is 5.57 Å². The largest absolute Gasteiger partial charge is 0.471 e. The van der Waals surface area contributed by atoms with E-state index < -0.39 is 5.60 Å². The summed E-state index contributed by atoms with van der Waals surface area (Å²) in [4.78, 5) is 4.96. The Morgan fingerprint density at radius 3 is 2.23 bits per heavy atom. The molecule has 22 heavy (non-hydrogen) atoms. The van der Waals surface area contributed by atoms with Crippen LogP contribution in [0.2, 0.25) is 0 Å². The second-order valence-corrected chi connectivity index (χ2v) is 4.72. The fraction of sp³-hybridized carbons (Fsp3) is 0.500. The predicted molar refractivity (Wildman–Crippen MR) is 90.7 cm³/mol. The van der Waals surface area contributed by atoms with Gasteiger partial charge < -0.3 is 10.2 Å². The van der Waals surface area contributed by atoms with Crippen LogP contribution in [0, 0.1) is 11.3 Å². The van der Waals surface area contributed by atoms with E-state index in [4.69, 9.17) is 4.74 Å². The van der Waals surface area contributed by atoms with Crippen LogP contribution in [0.3, 0.4) is 0 Å². The summed E-state index contributed by atoms with van der Waals surface area (Å²) in [6.07, 6.45) is 2.87. The van der Waals surface area contributed by atoms with E-state index in [1.165, 1.54) is 0 Å². The molecule has 123 valence electrons. The smallest absolute Gasteiger partial charge is 0.193 e. The monoisotopic (exact) mass is 361 g/mol. The number of thiol groups is 1. The first kappa shape index (κ1) is 26.0. The summed E-state index contributed by atoms with van der Waals surface area (Å²) in [5.74, 6) is 0.565. The summed E-state index contributed by atoms with van der Waals surface area (Å²) in [7, 11) is 0. The molecule has 4 nitrogen and oxygen atoms in total. The summed E-state index contributed by atoms with van der Waals surface area (Å²) in [5, 5.41) is 9.22. The molecule has 0 amide bonds. The summed E-state index contributed by atoms with van der Waals surface area (Å²) in [5.41, 5.74) is 0.817. The Morgan fingerprint density at radius 1 is 1.41 bits per heavy atom. The van der Waals surface area contributed by atoms with Gasteiger partial charge in [-0.3, -0.25) is 4.98 Å². The molecule has 0 bridgehead atoms. The number of hydrogen-bond donors (Lipinski definition) is 1. The van der Waals surface area contributed by atoms with Gasteiger partial charge in [0.15, 0.2) is 5.60 Å². The van der Waals surface area contributed by atoms with Crippen molar-refractivity contribution in [3.8, 4) is 11.8 Å². The van der Waals surface area contributed by atoms with Crippen molar-refractivity contribution in [2.45, 2.75) is 58.0 Å². The number of rotatable bonds is 5. The molecule has 0 atom stereocenters. The molecule has 0 saturated carbocycles. The van der Waals surface area contributed by atoms with E-state index in [0.717, 1.165) is 11.3 Å². The molecule has 0 aromatic carbocycles. The van der Waals surface area contributed by atoms with Crippen molar-refractivity contribution in [2.24, 2.45) is 0 Å². The summed E-state index contributed by atoms with van der Waals surface area (Å²) < 4.78 is 5.76. The van der Waals surface area contributed by atoms with Crippen molar-refractivity contribution in [1.82, 2.24) is 4.98 Å². The van der Waals surface area contributed by atoms with Crippen molar-refractivity contribution in [3.63, 3.8) is 0 Å². The van der Waals surface area contributed by atoms with Gasteiger partial charge in [0, 0.05) is 23.5 Å². The van der Waals surface area contributed by atoms with Crippen LogP contribution >= 0.6 is 12.6 Å². The van der Waals surface area contributed by atoms with Crippen LogP contribution in [-0.2, 0) is 18.6 Å². The maximum absolute atomic E-state index is 9.22. The molecule has 0 aliphatic rings. The van der Waals surface area contributed by atoms with E-state index in [1.807, 2.05) is 34.6 Å². The zero-order valence-corrected chi connectivity index (χ0v) is 16.3. The Morgan fingerprint density at radius 2 is 1.91 bits per heavy atom. The summed E-state index contributed by atoms with van der Waals surface area (Å²) in [6, 6.07) is 4.00. The molecule has 0 spiro atoms. The van der Waals surface area contributed by atoms with E-state index in [0.29, 0.717) is 23.5 Å². The number of pyridine rings is 1. The average molecular weight is 361 g/mol. The number of ether oxygens (including phenoxy) is 1. The first-order valence-corrected chi connectivity index (χ1v) is 7.38. The Kier molecular flexibility index (Phi) is 14.9. The zero-order valence-electron chi connectivity index (χ0n) is 14.0. The van der Waals surface area contributed by atoms with Crippen LogP contribution < -0.4 is 4.74 Å². The Balaban J connectivity index is -0.000000864. The fourth-order valence-electron chi connectivity index (χ4n) is 1.62. The number of hydrogen-bond acceptors (Lipinski definition) is 4. The van der Waals surface area contributed by atoms with Crippen LogP contribution in [0.4, 0.5) is 0 Å². The van der Waals surface area contributed by atoms with Crippen LogP contribution in [0.5, 0.6) is 5.75 Å². The normalized spacial score (nSPS) is 9.14. The summed E-state index contributed by atoms with van der Waals surface area (Å²) in [6.45, 7) is 13.6. The van der Waals surface area contributed by atoms with Crippen molar-refractivity contribution in [2.75, 3.05) is 0 Å². The molecule has 6 heteroatoms. The van der Waals surface area contributed by atoms with Crippen molar-refractivity contribution in [1.29, 1.82) is 5.26 Å². The molecule has 0 fully saturated rings. The molecular weight excluding hydrogens is 335 g/mol. The van der Waals surface area contributed by atoms with Crippen LogP contribution in [0.1, 0.15) is 53.2 Å². The van der Waals surface area contributed by atoms with Crippen molar-refractivity contribution >= 4 is 18.2 Å². The molecule has 2 N–H and O–H groups in total. The van der Waals surface area contributed by atoms with Crippen molar-refractivity contribution < 1.29 is 28.8 Å². The van der Waals surface area contributed by atoms with Gasteiger partial charge in [-0.05, 0) is 31.4 Å². The third-order valence-corrected chi connectivity index (χ3v) is 3.25. The van der Waals surface area contributed by atoms with Gasteiger partial charge in [-0.2, -0.15) is 5.26 Å². The second kappa shape index (κ2) is 12.6. The molecule has 1 radical (unpaired) electrons. The third kappa shape index (κ3) is 6.89. The SMILES string of the molecule is C=C(C)c1ncc(OC(C#N)(CC)CC)cc1S.CC.O.[V]. The zero-order chi connectivity index (χ0) is 15.8. The van der Waals surface area contributed by atoms with Crippen molar-refractivity contribution in [3.05, 3.63) is 24.5 Å². The van der Waals surface area contributed by atoms with Gasteiger partial charge in [-0.15, -0.1) is 12.6 Å². The van der Waals surface area contributed by atoms with Gasteiger partial charge in [0.2, 0.25) is 0 Å². The first-order chi connectivity index (χ1) is 9.48. The van der Waals surface area contributed by atoms with Crippen LogP contribution in [-0.4, -0.2) is 16.1 Å². The first-order valence-electron chi connectivity index (χ1n) is 6.93. The quantitative estimate of drug-likeness (QED) is 0.803. The second-order valence-electron chi connectivity index (χ2n) is 4.23. The van der Waals surface area contributed by atoms with Gasteiger partial charge in [0.1, 0.15) is 11.8 Å². The van der Waals surface area contributed by atoms with Gasteiger partial charge in [-0.25, -0.2) is 0 Å². The predicted octanol–water partition coefficient (Wildman–Crippen LogP) is 4.06. The van der Waals surface area contributed by atoms with E-state index >= 15 is 0 Å². The van der Waals surface area contributed by atoms with Gasteiger partial charge in [0.05, 0.1) is 11.9 Å². The Labute approximate surface area is 151 Å². The molecule has 1 aromatic heterocycles. The molecule has 0 saturated heterocycles. The van der Waals surface area contributed by atoms with Gasteiger partial charge in [0.25, 0.3) is 0 Å². The topological polar surface area (TPSA) is 77.4 Å². The summed E-state index contributed by atoms with van der Waals surface area (Å²) >= 11 is 4.36. The number of allylic oxidation sites excluding steroid dienone is 1. The Bertz CT molecular complexity index is 497. The molecule has 1 aromatic rings. The molecule has 0 unspecified atom stereocenters. The maximum atomic E-state index is 9.22. The van der Waals surface area contributed by atoms with E-state index in [-0.39, 0.29) is 24.0 Å². The fourth-order valence-corrected chi connectivity index (χ4v) is 2.00. The molecule has 1 heterocycles. The molecule has 0 aliphatic carbocycles. The van der Waals surface area contributed by atoms with Gasteiger partial charge in [-0.1, -0.05) is 34.3 Å². The molecule has 0 aliphatic heterocycles. The van der Waals surface area contributed by atoms with E-state index in [1.54, 1.807) is 12.3 Å². The molecule has 1 rings (SSSR count). The minimum Gasteiger partial charge on any atom is -0.471 e. The number of nitrogens with zero attached hydrogens (tertiary/aromatic N) is 2. The third-order valence-electron chi connectivity index (χ3n) is 2.91. The minimum atomic E-state index is -0.785. The standard InChI is InChI=1S/C14H18N2OS.C2H6.H2O.V/c1-5-14(6-2,9-15)17-11-7-12(18)13(10(3)4)16-8-11;1-2;;/h7-8,18H,3,5-6H2,1-2,4H3;1-2H3;1H2;. The van der Waals surface area contributed by atoms with Gasteiger partial charge >= 0.3 is 0 Å². The average Bonchev–Trinajstić information content (AvgIpc) is 2.47.